The third kappa shape index (κ3) is 3.17. The lowest BCUT2D eigenvalue weighted by Crippen LogP contribution is -2.20. The number of pyridine rings is 1. The van der Waals surface area contributed by atoms with E-state index in [1.807, 2.05) is 26.0 Å². The number of hydrogen-bond acceptors (Lipinski definition) is 4. The summed E-state index contributed by atoms with van der Waals surface area (Å²) in [6.45, 7) is 5.54. The van der Waals surface area contributed by atoms with Crippen molar-refractivity contribution in [3.63, 3.8) is 0 Å². The average molecular weight is 274 g/mol. The number of aromatic carboxylic acids is 1. The Morgan fingerprint density at radius 3 is 2.85 bits per heavy atom. The van der Waals surface area contributed by atoms with Gasteiger partial charge in [0.2, 0.25) is 0 Å². The summed E-state index contributed by atoms with van der Waals surface area (Å²) in [5.41, 5.74) is 2.13. The number of aryl methyl sites for hydroxylation is 2. The Labute approximate surface area is 117 Å². The molecule has 0 aromatic carbocycles. The largest absolute Gasteiger partial charge is 0.478 e. The molecular formula is C15H18N2O3. The van der Waals surface area contributed by atoms with Crippen LogP contribution in [0.15, 0.2) is 28.9 Å². The van der Waals surface area contributed by atoms with Crippen molar-refractivity contribution in [2.75, 3.05) is 5.32 Å². The van der Waals surface area contributed by atoms with E-state index < -0.39 is 5.97 Å². The van der Waals surface area contributed by atoms with Crippen LogP contribution >= 0.6 is 0 Å². The highest BCUT2D eigenvalue weighted by molar-refractivity contribution is 5.95. The monoisotopic (exact) mass is 274 g/mol. The lowest BCUT2D eigenvalue weighted by atomic mass is 10.1. The summed E-state index contributed by atoms with van der Waals surface area (Å²) in [5.74, 6) is -0.105. The molecule has 0 radical (unpaired) electrons. The summed E-state index contributed by atoms with van der Waals surface area (Å²) in [6.07, 6.45) is 2.32. The molecule has 0 aliphatic rings. The highest BCUT2D eigenvalue weighted by Gasteiger charge is 2.17. The Balaban J connectivity index is 2.21. The first-order chi connectivity index (χ1) is 9.47. The Hall–Kier alpha value is -2.30. The number of rotatable bonds is 5. The van der Waals surface area contributed by atoms with Gasteiger partial charge in [0.1, 0.15) is 11.3 Å². The molecule has 1 atom stereocenters. The fourth-order valence-electron chi connectivity index (χ4n) is 2.26. The Morgan fingerprint density at radius 1 is 1.50 bits per heavy atom. The van der Waals surface area contributed by atoms with E-state index in [0.717, 1.165) is 11.5 Å². The quantitative estimate of drug-likeness (QED) is 0.876. The van der Waals surface area contributed by atoms with Gasteiger partial charge in [0.25, 0.3) is 0 Å². The van der Waals surface area contributed by atoms with Crippen molar-refractivity contribution in [3.8, 4) is 0 Å². The van der Waals surface area contributed by atoms with Gasteiger partial charge in [-0.3, -0.25) is 4.98 Å². The van der Waals surface area contributed by atoms with Crippen LogP contribution in [0.25, 0.3) is 0 Å². The predicted octanol–water partition coefficient (Wildman–Crippen LogP) is 3.03. The van der Waals surface area contributed by atoms with E-state index in [0.29, 0.717) is 17.8 Å². The molecule has 5 heteroatoms. The van der Waals surface area contributed by atoms with Gasteiger partial charge in [0.15, 0.2) is 0 Å². The van der Waals surface area contributed by atoms with Crippen LogP contribution in [0.2, 0.25) is 0 Å². The molecule has 20 heavy (non-hydrogen) atoms. The maximum Gasteiger partial charge on any atom is 0.339 e. The minimum absolute atomic E-state index is 0.0560. The SMILES string of the molecule is Cc1cc(NC(C)Cc2ccco2)c(C(=O)O)c(C)n1. The molecule has 2 heterocycles. The summed E-state index contributed by atoms with van der Waals surface area (Å²) in [7, 11) is 0. The molecule has 106 valence electrons. The van der Waals surface area contributed by atoms with Crippen molar-refractivity contribution in [3.05, 3.63) is 47.2 Å². The van der Waals surface area contributed by atoms with Crippen LogP contribution < -0.4 is 5.32 Å². The van der Waals surface area contributed by atoms with Crippen LogP contribution in [0.5, 0.6) is 0 Å². The first-order valence-electron chi connectivity index (χ1n) is 6.48. The van der Waals surface area contributed by atoms with Gasteiger partial charge in [0.05, 0.1) is 17.6 Å². The van der Waals surface area contributed by atoms with Gasteiger partial charge in [-0.1, -0.05) is 0 Å². The predicted molar refractivity (Wildman–Crippen MR) is 76.2 cm³/mol. The zero-order chi connectivity index (χ0) is 14.7. The maximum atomic E-state index is 11.4. The van der Waals surface area contributed by atoms with Gasteiger partial charge in [-0.15, -0.1) is 0 Å². The van der Waals surface area contributed by atoms with Gasteiger partial charge in [-0.25, -0.2) is 4.79 Å². The van der Waals surface area contributed by atoms with Crippen LogP contribution in [0.4, 0.5) is 5.69 Å². The summed E-state index contributed by atoms with van der Waals surface area (Å²) in [4.78, 5) is 15.6. The number of carbonyl (C=O) groups is 1. The smallest absolute Gasteiger partial charge is 0.339 e. The van der Waals surface area contributed by atoms with Crippen LogP contribution in [0, 0.1) is 13.8 Å². The molecule has 2 aromatic heterocycles. The molecule has 0 amide bonds. The van der Waals surface area contributed by atoms with Crippen LogP contribution in [-0.4, -0.2) is 22.1 Å². The molecule has 5 nitrogen and oxygen atoms in total. The van der Waals surface area contributed by atoms with Crippen molar-refractivity contribution in [2.45, 2.75) is 33.2 Å². The zero-order valence-corrected chi connectivity index (χ0v) is 11.8. The van der Waals surface area contributed by atoms with Crippen molar-refractivity contribution in [2.24, 2.45) is 0 Å². The second-order valence-electron chi connectivity index (χ2n) is 4.91. The molecule has 0 aliphatic carbocycles. The lowest BCUT2D eigenvalue weighted by molar-refractivity contribution is 0.0696. The molecule has 1 unspecified atom stereocenters. The van der Waals surface area contributed by atoms with Gasteiger partial charge in [-0.05, 0) is 39.0 Å². The van der Waals surface area contributed by atoms with Crippen molar-refractivity contribution >= 4 is 11.7 Å². The normalized spacial score (nSPS) is 12.2. The Kier molecular flexibility index (Phi) is 4.08. The van der Waals surface area contributed by atoms with E-state index >= 15 is 0 Å². The van der Waals surface area contributed by atoms with Crippen molar-refractivity contribution < 1.29 is 14.3 Å². The second-order valence-corrected chi connectivity index (χ2v) is 4.91. The molecule has 0 saturated carbocycles. The standard InChI is InChI=1S/C15H18N2O3/c1-9(7-12-5-4-6-20-12)17-13-8-10(2)16-11(3)14(13)15(18)19/h4-6,8-9H,7H2,1-3H3,(H,16,17)(H,18,19). The van der Waals surface area contributed by atoms with Gasteiger partial charge in [0, 0.05) is 18.2 Å². The molecule has 0 bridgehead atoms. The fourth-order valence-corrected chi connectivity index (χ4v) is 2.26. The molecule has 2 N–H and O–H groups in total. The summed E-state index contributed by atoms with van der Waals surface area (Å²) >= 11 is 0. The topological polar surface area (TPSA) is 75.4 Å². The first-order valence-corrected chi connectivity index (χ1v) is 6.48. The molecule has 0 spiro atoms. The molecule has 0 saturated heterocycles. The van der Waals surface area contributed by atoms with Crippen LogP contribution in [0.3, 0.4) is 0 Å². The highest BCUT2D eigenvalue weighted by Crippen LogP contribution is 2.21. The molecule has 0 fully saturated rings. The van der Waals surface area contributed by atoms with Gasteiger partial charge >= 0.3 is 5.97 Å². The third-order valence-corrected chi connectivity index (χ3v) is 3.03. The molecule has 2 rings (SSSR count). The van der Waals surface area contributed by atoms with Gasteiger partial charge < -0.3 is 14.8 Å². The minimum atomic E-state index is -0.970. The molecule has 2 aromatic rings. The van der Waals surface area contributed by atoms with E-state index in [9.17, 15) is 9.90 Å². The number of aromatic nitrogens is 1. The minimum Gasteiger partial charge on any atom is -0.478 e. The Bertz CT molecular complexity index is 606. The number of hydrogen-bond donors (Lipinski definition) is 2. The summed E-state index contributed by atoms with van der Waals surface area (Å²) in [5, 5.41) is 12.5. The lowest BCUT2D eigenvalue weighted by Gasteiger charge is -2.17. The molecule has 0 aliphatic heterocycles. The maximum absolute atomic E-state index is 11.4. The van der Waals surface area contributed by atoms with E-state index in [2.05, 4.69) is 10.3 Å². The summed E-state index contributed by atoms with van der Waals surface area (Å²) in [6, 6.07) is 5.56. The average Bonchev–Trinajstić information content (AvgIpc) is 2.79. The number of nitrogens with one attached hydrogen (secondary N) is 1. The van der Waals surface area contributed by atoms with E-state index in [1.165, 1.54) is 0 Å². The number of furan rings is 1. The third-order valence-electron chi connectivity index (χ3n) is 3.03. The van der Waals surface area contributed by atoms with Crippen LogP contribution in [-0.2, 0) is 6.42 Å². The summed E-state index contributed by atoms with van der Waals surface area (Å²) < 4.78 is 5.30. The fraction of sp³-hybridized carbons (Fsp3) is 0.333. The van der Waals surface area contributed by atoms with E-state index in [1.54, 1.807) is 19.3 Å². The number of carboxylic acids is 1. The number of carboxylic acid groups (broad SMARTS) is 1. The highest BCUT2D eigenvalue weighted by atomic mass is 16.4. The number of anilines is 1. The van der Waals surface area contributed by atoms with Crippen molar-refractivity contribution in [1.29, 1.82) is 0 Å². The van der Waals surface area contributed by atoms with Crippen molar-refractivity contribution in [1.82, 2.24) is 4.98 Å². The van der Waals surface area contributed by atoms with E-state index in [-0.39, 0.29) is 11.6 Å². The molecular weight excluding hydrogens is 256 g/mol. The van der Waals surface area contributed by atoms with Crippen LogP contribution in [0.1, 0.15) is 34.4 Å². The zero-order valence-electron chi connectivity index (χ0n) is 11.8. The Morgan fingerprint density at radius 2 is 2.25 bits per heavy atom. The van der Waals surface area contributed by atoms with Gasteiger partial charge in [-0.2, -0.15) is 0 Å². The first kappa shape index (κ1) is 14.1. The number of nitrogens with zero attached hydrogens (tertiary/aromatic N) is 1. The van der Waals surface area contributed by atoms with E-state index in [4.69, 9.17) is 4.42 Å². The second kappa shape index (κ2) is 5.77.